The molecule has 0 aliphatic carbocycles. The summed E-state index contributed by atoms with van der Waals surface area (Å²) in [6, 6.07) is 0. The molecule has 0 aromatic heterocycles. The SMILES string of the molecule is CCCCCN(C)CCCC(C)(NC)C(N)=O. The van der Waals surface area contributed by atoms with E-state index in [-0.39, 0.29) is 5.91 Å². The fourth-order valence-electron chi connectivity index (χ4n) is 1.82. The molecule has 0 bridgehead atoms. The molecule has 0 saturated heterocycles. The number of rotatable bonds is 10. The minimum absolute atomic E-state index is 0.270. The second kappa shape index (κ2) is 8.48. The number of nitrogens with one attached hydrogen (secondary N) is 1. The first-order valence-corrected chi connectivity index (χ1v) is 6.63. The Morgan fingerprint density at radius 1 is 1.29 bits per heavy atom. The highest BCUT2D eigenvalue weighted by Crippen LogP contribution is 2.11. The molecular weight excluding hydrogens is 214 g/mol. The van der Waals surface area contributed by atoms with Crippen molar-refractivity contribution in [3.05, 3.63) is 0 Å². The second-order valence-electron chi connectivity index (χ2n) is 5.06. The Hall–Kier alpha value is -0.610. The molecule has 0 rings (SSSR count). The third-order valence-electron chi connectivity index (χ3n) is 3.46. The van der Waals surface area contributed by atoms with Crippen molar-refractivity contribution in [2.45, 2.75) is 51.5 Å². The summed E-state index contributed by atoms with van der Waals surface area (Å²) < 4.78 is 0. The molecule has 4 nitrogen and oxygen atoms in total. The lowest BCUT2D eigenvalue weighted by Gasteiger charge is -2.26. The first-order chi connectivity index (χ1) is 7.96. The normalized spacial score (nSPS) is 14.9. The predicted molar refractivity (Wildman–Crippen MR) is 72.9 cm³/mol. The lowest BCUT2D eigenvalue weighted by atomic mass is 9.95. The smallest absolute Gasteiger partial charge is 0.237 e. The van der Waals surface area contributed by atoms with Crippen LogP contribution in [0.5, 0.6) is 0 Å². The van der Waals surface area contributed by atoms with E-state index in [1.807, 2.05) is 6.92 Å². The van der Waals surface area contributed by atoms with Gasteiger partial charge < -0.3 is 16.0 Å². The van der Waals surface area contributed by atoms with E-state index in [4.69, 9.17) is 5.73 Å². The van der Waals surface area contributed by atoms with E-state index >= 15 is 0 Å². The van der Waals surface area contributed by atoms with E-state index in [2.05, 4.69) is 24.2 Å². The Morgan fingerprint density at radius 2 is 1.88 bits per heavy atom. The molecule has 17 heavy (non-hydrogen) atoms. The summed E-state index contributed by atoms with van der Waals surface area (Å²) in [6.45, 7) is 6.24. The van der Waals surface area contributed by atoms with Gasteiger partial charge in [-0.3, -0.25) is 4.79 Å². The van der Waals surface area contributed by atoms with Crippen LogP contribution in [0.2, 0.25) is 0 Å². The summed E-state index contributed by atoms with van der Waals surface area (Å²) >= 11 is 0. The number of carbonyl (C=O) groups excluding carboxylic acids is 1. The Morgan fingerprint density at radius 3 is 2.35 bits per heavy atom. The molecule has 1 atom stereocenters. The summed E-state index contributed by atoms with van der Waals surface area (Å²) in [5.74, 6) is -0.270. The average molecular weight is 243 g/mol. The van der Waals surface area contributed by atoms with Crippen LogP contribution in [-0.4, -0.2) is 43.5 Å². The van der Waals surface area contributed by atoms with E-state index in [0.29, 0.717) is 0 Å². The quantitative estimate of drug-likeness (QED) is 0.569. The Balaban J connectivity index is 3.77. The number of carbonyl (C=O) groups is 1. The van der Waals surface area contributed by atoms with Crippen LogP contribution in [0.3, 0.4) is 0 Å². The molecule has 1 amide bonds. The maximum Gasteiger partial charge on any atom is 0.237 e. The number of nitrogens with two attached hydrogens (primary N) is 1. The van der Waals surface area contributed by atoms with Gasteiger partial charge in [-0.2, -0.15) is 0 Å². The summed E-state index contributed by atoms with van der Waals surface area (Å²) in [4.78, 5) is 13.6. The zero-order valence-corrected chi connectivity index (χ0v) is 11.9. The molecule has 0 aromatic rings. The molecule has 0 aliphatic rings. The van der Waals surface area contributed by atoms with E-state index < -0.39 is 5.54 Å². The minimum atomic E-state index is -0.565. The molecular formula is C13H29N3O. The maximum atomic E-state index is 11.3. The summed E-state index contributed by atoms with van der Waals surface area (Å²) in [5.41, 5.74) is 4.82. The number of hydrogen-bond acceptors (Lipinski definition) is 3. The third kappa shape index (κ3) is 6.64. The van der Waals surface area contributed by atoms with Gasteiger partial charge in [-0.05, 0) is 53.4 Å². The van der Waals surface area contributed by atoms with Gasteiger partial charge in [0.25, 0.3) is 0 Å². The molecule has 0 heterocycles. The monoisotopic (exact) mass is 243 g/mol. The highest BCUT2D eigenvalue weighted by molar-refractivity contribution is 5.84. The van der Waals surface area contributed by atoms with Crippen LogP contribution in [0.15, 0.2) is 0 Å². The Kier molecular flexibility index (Phi) is 8.17. The zero-order chi connectivity index (χ0) is 13.3. The molecule has 0 aromatic carbocycles. The van der Waals surface area contributed by atoms with Crippen molar-refractivity contribution in [3.8, 4) is 0 Å². The largest absolute Gasteiger partial charge is 0.368 e. The van der Waals surface area contributed by atoms with Crippen molar-refractivity contribution >= 4 is 5.91 Å². The van der Waals surface area contributed by atoms with E-state index in [1.54, 1.807) is 7.05 Å². The van der Waals surface area contributed by atoms with Gasteiger partial charge in [-0.1, -0.05) is 19.8 Å². The van der Waals surface area contributed by atoms with Gasteiger partial charge in [-0.25, -0.2) is 0 Å². The fraction of sp³-hybridized carbons (Fsp3) is 0.923. The molecule has 102 valence electrons. The first kappa shape index (κ1) is 16.4. The number of unbranched alkanes of at least 4 members (excludes halogenated alkanes) is 2. The predicted octanol–water partition coefficient (Wildman–Crippen LogP) is 1.35. The number of amides is 1. The van der Waals surface area contributed by atoms with Crippen molar-refractivity contribution in [3.63, 3.8) is 0 Å². The number of nitrogens with zero attached hydrogens (tertiary/aromatic N) is 1. The van der Waals surface area contributed by atoms with Crippen LogP contribution in [0.25, 0.3) is 0 Å². The molecule has 0 radical (unpaired) electrons. The molecule has 0 aliphatic heterocycles. The number of hydrogen-bond donors (Lipinski definition) is 2. The molecule has 3 N–H and O–H groups in total. The minimum Gasteiger partial charge on any atom is -0.368 e. The summed E-state index contributed by atoms with van der Waals surface area (Å²) in [7, 11) is 3.92. The maximum absolute atomic E-state index is 11.3. The Labute approximate surface area is 106 Å². The molecule has 1 unspecified atom stereocenters. The zero-order valence-electron chi connectivity index (χ0n) is 11.9. The Bertz CT molecular complexity index is 221. The van der Waals surface area contributed by atoms with Crippen molar-refractivity contribution in [2.24, 2.45) is 5.73 Å². The van der Waals surface area contributed by atoms with Crippen molar-refractivity contribution in [1.29, 1.82) is 0 Å². The van der Waals surface area contributed by atoms with Crippen LogP contribution in [0, 0.1) is 0 Å². The van der Waals surface area contributed by atoms with Crippen molar-refractivity contribution < 1.29 is 4.79 Å². The van der Waals surface area contributed by atoms with Crippen LogP contribution < -0.4 is 11.1 Å². The van der Waals surface area contributed by atoms with Gasteiger partial charge in [-0.15, -0.1) is 0 Å². The summed E-state index contributed by atoms with van der Waals surface area (Å²) in [6.07, 6.45) is 5.58. The molecule has 0 spiro atoms. The summed E-state index contributed by atoms with van der Waals surface area (Å²) in [5, 5.41) is 3.01. The topological polar surface area (TPSA) is 58.4 Å². The van der Waals surface area contributed by atoms with Crippen LogP contribution in [0.4, 0.5) is 0 Å². The van der Waals surface area contributed by atoms with Gasteiger partial charge in [0.2, 0.25) is 5.91 Å². The standard InChI is InChI=1S/C13H29N3O/c1-5-6-7-10-16(4)11-8-9-13(2,15-3)12(14)17/h15H,5-11H2,1-4H3,(H2,14,17). The first-order valence-electron chi connectivity index (χ1n) is 6.63. The highest BCUT2D eigenvalue weighted by Gasteiger charge is 2.28. The van der Waals surface area contributed by atoms with Gasteiger partial charge >= 0.3 is 0 Å². The van der Waals surface area contributed by atoms with Crippen LogP contribution in [0.1, 0.15) is 46.0 Å². The van der Waals surface area contributed by atoms with E-state index in [9.17, 15) is 4.79 Å². The van der Waals surface area contributed by atoms with E-state index in [0.717, 1.165) is 25.9 Å². The second-order valence-corrected chi connectivity index (χ2v) is 5.06. The van der Waals surface area contributed by atoms with Gasteiger partial charge in [0.05, 0.1) is 5.54 Å². The van der Waals surface area contributed by atoms with Crippen molar-refractivity contribution in [1.82, 2.24) is 10.2 Å². The van der Waals surface area contributed by atoms with Crippen molar-refractivity contribution in [2.75, 3.05) is 27.2 Å². The van der Waals surface area contributed by atoms with Gasteiger partial charge in [0.15, 0.2) is 0 Å². The van der Waals surface area contributed by atoms with Crippen LogP contribution in [-0.2, 0) is 4.79 Å². The number of likely N-dealkylation sites (N-methyl/N-ethyl adjacent to an activating group) is 1. The number of primary amides is 1. The lowest BCUT2D eigenvalue weighted by Crippen LogP contribution is -2.51. The molecule has 4 heteroatoms. The molecule has 0 fully saturated rings. The molecule has 0 saturated carbocycles. The highest BCUT2D eigenvalue weighted by atomic mass is 16.1. The third-order valence-corrected chi connectivity index (χ3v) is 3.46. The van der Waals surface area contributed by atoms with Crippen LogP contribution >= 0.6 is 0 Å². The fourth-order valence-corrected chi connectivity index (χ4v) is 1.82. The van der Waals surface area contributed by atoms with Gasteiger partial charge in [0, 0.05) is 0 Å². The average Bonchev–Trinajstić information content (AvgIpc) is 2.29. The van der Waals surface area contributed by atoms with E-state index in [1.165, 1.54) is 19.3 Å². The lowest BCUT2D eigenvalue weighted by molar-refractivity contribution is -0.123. The van der Waals surface area contributed by atoms with Gasteiger partial charge in [0.1, 0.15) is 0 Å².